The van der Waals surface area contributed by atoms with Crippen molar-refractivity contribution in [2.45, 2.75) is 27.7 Å². The number of methoxy groups -OCH3 is 1. The second kappa shape index (κ2) is 5.61. The Balaban J connectivity index is 3.08. The van der Waals surface area contributed by atoms with Crippen molar-refractivity contribution in [2.24, 2.45) is 5.41 Å². The summed E-state index contributed by atoms with van der Waals surface area (Å²) in [7, 11) is 3.74. The fourth-order valence-electron chi connectivity index (χ4n) is 2.26. The molecule has 102 valence electrons. The molecule has 18 heavy (non-hydrogen) atoms. The molecule has 1 rings (SSSR count). The van der Waals surface area contributed by atoms with Gasteiger partial charge in [0.15, 0.2) is 0 Å². The smallest absolute Gasteiger partial charge is 0.145 e. The second-order valence-electron chi connectivity index (χ2n) is 5.81. The number of hydrogen-bond donors (Lipinski definition) is 1. The van der Waals surface area contributed by atoms with E-state index in [1.54, 1.807) is 7.11 Å². The maximum absolute atomic E-state index is 9.37. The zero-order valence-corrected chi connectivity index (χ0v) is 12.4. The van der Waals surface area contributed by atoms with Crippen LogP contribution in [0.2, 0.25) is 0 Å². The van der Waals surface area contributed by atoms with Crippen molar-refractivity contribution in [3.63, 3.8) is 0 Å². The van der Waals surface area contributed by atoms with Gasteiger partial charge in [-0.05, 0) is 31.0 Å². The van der Waals surface area contributed by atoms with E-state index in [1.807, 2.05) is 7.05 Å². The number of hydrogen-bond acceptors (Lipinski definition) is 3. The molecule has 1 aromatic rings. The molecule has 0 fully saturated rings. The number of aliphatic hydroxyl groups is 1. The van der Waals surface area contributed by atoms with Crippen molar-refractivity contribution in [2.75, 3.05) is 32.2 Å². The summed E-state index contributed by atoms with van der Waals surface area (Å²) in [5, 5.41) is 9.37. The Morgan fingerprint density at radius 3 is 2.39 bits per heavy atom. The van der Waals surface area contributed by atoms with Gasteiger partial charge in [-0.1, -0.05) is 19.9 Å². The molecule has 0 aliphatic heterocycles. The molecule has 0 spiro atoms. The van der Waals surface area contributed by atoms with Crippen molar-refractivity contribution >= 4 is 5.69 Å². The van der Waals surface area contributed by atoms with Gasteiger partial charge in [0.05, 0.1) is 12.8 Å². The maximum atomic E-state index is 9.37. The van der Waals surface area contributed by atoms with Gasteiger partial charge in [0.2, 0.25) is 0 Å². The first-order chi connectivity index (χ1) is 8.30. The Kier molecular flexibility index (Phi) is 4.63. The van der Waals surface area contributed by atoms with E-state index in [9.17, 15) is 5.11 Å². The van der Waals surface area contributed by atoms with Crippen molar-refractivity contribution < 1.29 is 9.84 Å². The predicted octanol–water partition coefficient (Wildman–Crippen LogP) is 2.77. The molecule has 0 heterocycles. The first-order valence-electron chi connectivity index (χ1n) is 6.28. The minimum atomic E-state index is -0.128. The van der Waals surface area contributed by atoms with Gasteiger partial charge in [-0.3, -0.25) is 0 Å². The van der Waals surface area contributed by atoms with Crippen LogP contribution in [0, 0.1) is 19.3 Å². The van der Waals surface area contributed by atoms with Crippen LogP contribution in [0.4, 0.5) is 5.69 Å². The van der Waals surface area contributed by atoms with Crippen LogP contribution in [0.15, 0.2) is 12.1 Å². The molecule has 0 bridgehead atoms. The average Bonchev–Trinajstić information content (AvgIpc) is 2.27. The van der Waals surface area contributed by atoms with E-state index in [2.05, 4.69) is 44.7 Å². The third kappa shape index (κ3) is 3.39. The van der Waals surface area contributed by atoms with E-state index in [1.165, 1.54) is 5.56 Å². The Hall–Kier alpha value is -1.22. The van der Waals surface area contributed by atoms with Crippen LogP contribution in [-0.2, 0) is 0 Å². The second-order valence-corrected chi connectivity index (χ2v) is 5.81. The van der Waals surface area contributed by atoms with Crippen LogP contribution < -0.4 is 9.64 Å². The van der Waals surface area contributed by atoms with Crippen LogP contribution in [0.5, 0.6) is 5.75 Å². The molecule has 0 saturated carbocycles. The lowest BCUT2D eigenvalue weighted by molar-refractivity contribution is 0.165. The molecule has 0 saturated heterocycles. The molecule has 0 aliphatic rings. The minimum absolute atomic E-state index is 0.128. The minimum Gasteiger partial charge on any atom is -0.494 e. The largest absolute Gasteiger partial charge is 0.494 e. The normalized spacial score (nSPS) is 11.5. The highest BCUT2D eigenvalue weighted by molar-refractivity contribution is 5.63. The monoisotopic (exact) mass is 251 g/mol. The number of aryl methyl sites for hydroxylation is 2. The first kappa shape index (κ1) is 14.8. The number of nitrogens with zero attached hydrogens (tertiary/aromatic N) is 1. The van der Waals surface area contributed by atoms with E-state index in [0.29, 0.717) is 0 Å². The number of rotatable bonds is 5. The van der Waals surface area contributed by atoms with Crippen molar-refractivity contribution in [3.05, 3.63) is 23.3 Å². The Labute approximate surface area is 110 Å². The average molecular weight is 251 g/mol. The summed E-state index contributed by atoms with van der Waals surface area (Å²) >= 11 is 0. The molecule has 3 heteroatoms. The lowest BCUT2D eigenvalue weighted by Gasteiger charge is -2.31. The fourth-order valence-corrected chi connectivity index (χ4v) is 2.26. The number of benzene rings is 1. The maximum Gasteiger partial charge on any atom is 0.145 e. The topological polar surface area (TPSA) is 32.7 Å². The lowest BCUT2D eigenvalue weighted by atomic mass is 9.94. The van der Waals surface area contributed by atoms with E-state index in [0.717, 1.165) is 23.5 Å². The van der Waals surface area contributed by atoms with Crippen LogP contribution >= 0.6 is 0 Å². The highest BCUT2D eigenvalue weighted by Gasteiger charge is 2.21. The van der Waals surface area contributed by atoms with Crippen LogP contribution in [-0.4, -0.2) is 32.4 Å². The van der Waals surface area contributed by atoms with Gasteiger partial charge in [-0.15, -0.1) is 0 Å². The molecule has 0 amide bonds. The Morgan fingerprint density at radius 2 is 1.89 bits per heavy atom. The van der Waals surface area contributed by atoms with Gasteiger partial charge >= 0.3 is 0 Å². The summed E-state index contributed by atoms with van der Waals surface area (Å²) in [6, 6.07) is 4.24. The molecular weight excluding hydrogens is 226 g/mol. The molecule has 0 aromatic heterocycles. The first-order valence-corrected chi connectivity index (χ1v) is 6.28. The summed E-state index contributed by atoms with van der Waals surface area (Å²) in [5.41, 5.74) is 3.31. The van der Waals surface area contributed by atoms with Gasteiger partial charge in [0.1, 0.15) is 5.75 Å². The number of aliphatic hydroxyl groups excluding tert-OH is 1. The summed E-state index contributed by atoms with van der Waals surface area (Å²) in [6.45, 7) is 9.20. The molecule has 0 unspecified atom stereocenters. The summed E-state index contributed by atoms with van der Waals surface area (Å²) in [4.78, 5) is 2.15. The highest BCUT2D eigenvalue weighted by atomic mass is 16.5. The van der Waals surface area contributed by atoms with Crippen molar-refractivity contribution in [1.29, 1.82) is 0 Å². The molecule has 0 atom stereocenters. The Bertz CT molecular complexity index is 413. The fraction of sp³-hybridized carbons (Fsp3) is 0.600. The van der Waals surface area contributed by atoms with Gasteiger partial charge in [0.25, 0.3) is 0 Å². The van der Waals surface area contributed by atoms with Gasteiger partial charge in [0, 0.05) is 25.6 Å². The van der Waals surface area contributed by atoms with Gasteiger partial charge < -0.3 is 14.7 Å². The number of ether oxygens (including phenoxy) is 1. The summed E-state index contributed by atoms with van der Waals surface area (Å²) in [5.74, 6) is 0.914. The molecule has 0 aliphatic carbocycles. The Morgan fingerprint density at radius 1 is 1.28 bits per heavy atom. The van der Waals surface area contributed by atoms with E-state index in [4.69, 9.17) is 4.74 Å². The zero-order valence-electron chi connectivity index (χ0n) is 12.4. The standard InChI is InChI=1S/C15H25NO2/c1-11-7-12(2)14(18-6)13(8-11)16(5)9-15(3,4)10-17/h7-8,17H,9-10H2,1-6H3. The van der Waals surface area contributed by atoms with E-state index < -0.39 is 0 Å². The molecule has 1 N–H and O–H groups in total. The summed E-state index contributed by atoms with van der Waals surface area (Å²) in [6.07, 6.45) is 0. The van der Waals surface area contributed by atoms with Gasteiger partial charge in [-0.25, -0.2) is 0 Å². The highest BCUT2D eigenvalue weighted by Crippen LogP contribution is 2.33. The summed E-state index contributed by atoms with van der Waals surface area (Å²) < 4.78 is 5.50. The van der Waals surface area contributed by atoms with Crippen molar-refractivity contribution in [1.82, 2.24) is 0 Å². The van der Waals surface area contributed by atoms with Crippen LogP contribution in [0.25, 0.3) is 0 Å². The molecule has 0 radical (unpaired) electrons. The number of anilines is 1. The third-order valence-electron chi connectivity index (χ3n) is 3.11. The quantitative estimate of drug-likeness (QED) is 0.873. The molecule has 3 nitrogen and oxygen atoms in total. The lowest BCUT2D eigenvalue weighted by Crippen LogP contribution is -2.34. The molecular formula is C15H25NO2. The van der Waals surface area contributed by atoms with Crippen LogP contribution in [0.1, 0.15) is 25.0 Å². The van der Waals surface area contributed by atoms with Crippen LogP contribution in [0.3, 0.4) is 0 Å². The third-order valence-corrected chi connectivity index (χ3v) is 3.11. The van der Waals surface area contributed by atoms with E-state index in [-0.39, 0.29) is 12.0 Å². The van der Waals surface area contributed by atoms with Gasteiger partial charge in [-0.2, -0.15) is 0 Å². The van der Waals surface area contributed by atoms with Crippen molar-refractivity contribution in [3.8, 4) is 5.75 Å². The predicted molar refractivity (Wildman–Crippen MR) is 76.6 cm³/mol. The SMILES string of the molecule is COc1c(C)cc(C)cc1N(C)CC(C)(C)CO. The molecule has 1 aromatic carbocycles. The van der Waals surface area contributed by atoms with E-state index >= 15 is 0 Å². The zero-order chi connectivity index (χ0) is 13.9.